The maximum Gasteiger partial charge on any atom is 0.118 e. The molecule has 3 rings (SSSR count). The third kappa shape index (κ3) is 2.50. The highest BCUT2D eigenvalue weighted by Crippen LogP contribution is 2.40. The van der Waals surface area contributed by atoms with Crippen LogP contribution in [0.1, 0.15) is 0 Å². The van der Waals surface area contributed by atoms with Crippen molar-refractivity contribution in [2.24, 2.45) is 5.11 Å². The molecule has 0 radical (unpaired) electrons. The normalized spacial score (nSPS) is 10.3. The number of nitrogens with zero attached hydrogens (tertiary/aromatic N) is 4. The molecule has 0 amide bonds. The minimum absolute atomic E-state index is 0.541. The van der Waals surface area contributed by atoms with Crippen molar-refractivity contribution in [3.05, 3.63) is 63.4 Å². The summed E-state index contributed by atoms with van der Waals surface area (Å²) in [6, 6.07) is 15.1. The lowest BCUT2D eigenvalue weighted by molar-refractivity contribution is 0.415. The summed E-state index contributed by atoms with van der Waals surface area (Å²) in [5.41, 5.74) is 11.8. The Morgan fingerprint density at radius 1 is 1.14 bits per heavy atom. The van der Waals surface area contributed by atoms with Gasteiger partial charge in [0.15, 0.2) is 0 Å². The van der Waals surface area contributed by atoms with Gasteiger partial charge in [-0.1, -0.05) is 23.3 Å². The molecule has 0 bridgehead atoms. The fourth-order valence-electron chi connectivity index (χ4n) is 2.25. The summed E-state index contributed by atoms with van der Waals surface area (Å²) in [7, 11) is 1.62. The average molecular weight is 355 g/mol. The molecule has 0 aliphatic carbocycles. The molecule has 3 aromatic rings. The quantitative estimate of drug-likeness (QED) is 0.348. The third-order valence-electron chi connectivity index (χ3n) is 3.32. The Morgan fingerprint density at radius 2 is 1.86 bits per heavy atom. The van der Waals surface area contributed by atoms with Crippen LogP contribution in [0.3, 0.4) is 0 Å². The van der Waals surface area contributed by atoms with Crippen molar-refractivity contribution < 1.29 is 4.74 Å². The highest BCUT2D eigenvalue weighted by Gasteiger charge is 2.13. The largest absolute Gasteiger partial charge is 0.497 e. The van der Waals surface area contributed by atoms with Crippen molar-refractivity contribution >= 4 is 32.5 Å². The first-order valence-electron chi connectivity index (χ1n) is 6.52. The van der Waals surface area contributed by atoms with Crippen LogP contribution in [0.2, 0.25) is 0 Å². The molecule has 0 N–H and O–H groups in total. The van der Waals surface area contributed by atoms with Crippen molar-refractivity contribution in [2.45, 2.75) is 0 Å². The van der Waals surface area contributed by atoms with Gasteiger partial charge < -0.3 is 4.74 Å². The van der Waals surface area contributed by atoms with E-state index in [2.05, 4.69) is 30.9 Å². The van der Waals surface area contributed by atoms with Crippen LogP contribution in [-0.2, 0) is 0 Å². The molecule has 0 aliphatic heterocycles. The van der Waals surface area contributed by atoms with Crippen molar-refractivity contribution in [3.8, 4) is 17.0 Å². The van der Waals surface area contributed by atoms with Crippen molar-refractivity contribution in [2.75, 3.05) is 7.11 Å². The lowest BCUT2D eigenvalue weighted by atomic mass is 10.1. The van der Waals surface area contributed by atoms with Gasteiger partial charge in [-0.2, -0.15) is 0 Å². The number of rotatable bonds is 3. The fourth-order valence-corrected chi connectivity index (χ4v) is 2.86. The number of ether oxygens (including phenoxy) is 1. The molecule has 5 nitrogen and oxygen atoms in total. The first-order valence-corrected chi connectivity index (χ1v) is 7.31. The van der Waals surface area contributed by atoms with E-state index in [1.807, 2.05) is 48.5 Å². The monoisotopic (exact) mass is 354 g/mol. The van der Waals surface area contributed by atoms with Gasteiger partial charge in [-0.15, -0.1) is 0 Å². The summed E-state index contributed by atoms with van der Waals surface area (Å²) in [4.78, 5) is 7.60. The second kappa shape index (κ2) is 6.05. The van der Waals surface area contributed by atoms with E-state index in [0.29, 0.717) is 10.2 Å². The van der Waals surface area contributed by atoms with Crippen molar-refractivity contribution in [1.82, 2.24) is 4.98 Å². The van der Waals surface area contributed by atoms with Gasteiger partial charge in [-0.05, 0) is 51.8 Å². The average Bonchev–Trinajstić information content (AvgIpc) is 2.57. The summed E-state index contributed by atoms with van der Waals surface area (Å²) < 4.78 is 5.84. The first-order chi connectivity index (χ1) is 10.7. The number of methoxy groups -OCH3 is 1. The molecule has 0 atom stereocenters. The molecule has 2 aromatic carbocycles. The van der Waals surface area contributed by atoms with Crippen molar-refractivity contribution in [3.63, 3.8) is 0 Å². The number of fused-ring (bicyclic) bond motifs is 1. The molecular formula is C16H11BrN4O. The van der Waals surface area contributed by atoms with Crippen molar-refractivity contribution in [1.29, 1.82) is 0 Å². The van der Waals surface area contributed by atoms with Crippen LogP contribution in [-0.4, -0.2) is 12.1 Å². The smallest absolute Gasteiger partial charge is 0.118 e. The van der Waals surface area contributed by atoms with Crippen LogP contribution in [0.15, 0.2) is 58.1 Å². The standard InChI is InChI=1S/C16H11BrN4O/c1-22-11-8-6-10(7-9-11)15-14(17)16(20-21-18)12-4-2-3-5-13(12)19-15/h2-9H,1H3. The summed E-state index contributed by atoms with van der Waals surface area (Å²) in [5.74, 6) is 0.774. The Hall–Kier alpha value is -2.56. The van der Waals surface area contributed by atoms with Crippen LogP contribution < -0.4 is 4.74 Å². The number of hydrogen-bond donors (Lipinski definition) is 0. The van der Waals surface area contributed by atoms with Gasteiger partial charge in [0.05, 0.1) is 28.5 Å². The Balaban J connectivity index is 2.29. The molecule has 0 saturated carbocycles. The second-order valence-corrected chi connectivity index (χ2v) is 5.35. The zero-order valence-electron chi connectivity index (χ0n) is 11.7. The lowest BCUT2D eigenvalue weighted by Crippen LogP contribution is -1.89. The van der Waals surface area contributed by atoms with Crippen LogP contribution >= 0.6 is 15.9 Å². The minimum Gasteiger partial charge on any atom is -0.497 e. The zero-order chi connectivity index (χ0) is 15.5. The molecule has 108 valence electrons. The predicted molar refractivity (Wildman–Crippen MR) is 90.2 cm³/mol. The summed E-state index contributed by atoms with van der Waals surface area (Å²) in [6.07, 6.45) is 0. The second-order valence-electron chi connectivity index (χ2n) is 4.56. The fraction of sp³-hybridized carbons (Fsp3) is 0.0625. The van der Waals surface area contributed by atoms with E-state index < -0.39 is 0 Å². The van der Waals surface area contributed by atoms with Crippen LogP contribution in [0.25, 0.3) is 32.6 Å². The Labute approximate surface area is 135 Å². The molecular weight excluding hydrogens is 344 g/mol. The number of pyridine rings is 1. The van der Waals surface area contributed by atoms with Gasteiger partial charge in [0.2, 0.25) is 0 Å². The maximum absolute atomic E-state index is 8.83. The number of hydrogen-bond acceptors (Lipinski definition) is 3. The number of para-hydroxylation sites is 1. The maximum atomic E-state index is 8.83. The Morgan fingerprint density at radius 3 is 2.55 bits per heavy atom. The molecule has 1 aromatic heterocycles. The Kier molecular flexibility index (Phi) is 3.96. The van der Waals surface area contributed by atoms with Gasteiger partial charge in [-0.25, -0.2) is 4.98 Å². The molecule has 0 spiro atoms. The van der Waals surface area contributed by atoms with E-state index in [9.17, 15) is 0 Å². The molecule has 0 saturated heterocycles. The first kappa shape index (κ1) is 14.4. The highest BCUT2D eigenvalue weighted by molar-refractivity contribution is 9.10. The van der Waals surface area contributed by atoms with Gasteiger partial charge in [0, 0.05) is 15.9 Å². The zero-order valence-corrected chi connectivity index (χ0v) is 13.3. The minimum atomic E-state index is 0.541. The molecule has 0 aliphatic rings. The number of benzene rings is 2. The lowest BCUT2D eigenvalue weighted by Gasteiger charge is -2.10. The highest BCUT2D eigenvalue weighted by atomic mass is 79.9. The van der Waals surface area contributed by atoms with E-state index in [-0.39, 0.29) is 0 Å². The third-order valence-corrected chi connectivity index (χ3v) is 4.07. The van der Waals surface area contributed by atoms with E-state index >= 15 is 0 Å². The van der Waals surface area contributed by atoms with Gasteiger partial charge in [-0.3, -0.25) is 0 Å². The van der Waals surface area contributed by atoms with Crippen LogP contribution in [0.5, 0.6) is 5.75 Å². The molecule has 22 heavy (non-hydrogen) atoms. The summed E-state index contributed by atoms with van der Waals surface area (Å²) in [5, 5.41) is 4.63. The van der Waals surface area contributed by atoms with Gasteiger partial charge in [0.1, 0.15) is 5.75 Å². The Bertz CT molecular complexity index is 887. The molecule has 1 heterocycles. The summed E-state index contributed by atoms with van der Waals surface area (Å²) in [6.45, 7) is 0. The van der Waals surface area contributed by atoms with Crippen LogP contribution in [0.4, 0.5) is 5.69 Å². The topological polar surface area (TPSA) is 70.9 Å². The van der Waals surface area contributed by atoms with E-state index in [4.69, 9.17) is 10.3 Å². The van der Waals surface area contributed by atoms with Crippen LogP contribution in [0, 0.1) is 0 Å². The van der Waals surface area contributed by atoms with E-state index in [0.717, 1.165) is 27.9 Å². The van der Waals surface area contributed by atoms with Gasteiger partial charge in [0.25, 0.3) is 0 Å². The number of halogens is 1. The number of aromatic nitrogens is 1. The van der Waals surface area contributed by atoms with E-state index in [1.165, 1.54) is 0 Å². The summed E-state index contributed by atoms with van der Waals surface area (Å²) >= 11 is 3.52. The number of azide groups is 1. The molecule has 6 heteroatoms. The SMILES string of the molecule is COc1ccc(-c2nc3ccccc3c(N=[N+]=[N-])c2Br)cc1. The molecule has 0 unspecified atom stereocenters. The predicted octanol–water partition coefficient (Wildman–Crippen LogP) is 5.61. The molecule has 0 fully saturated rings. The van der Waals surface area contributed by atoms with E-state index in [1.54, 1.807) is 7.11 Å². The van der Waals surface area contributed by atoms with Gasteiger partial charge >= 0.3 is 0 Å².